The van der Waals surface area contributed by atoms with E-state index in [2.05, 4.69) is 31.0 Å². The highest BCUT2D eigenvalue weighted by Gasteiger charge is 2.19. The topological polar surface area (TPSA) is 15.3 Å². The molecule has 0 aromatic heterocycles. The van der Waals surface area contributed by atoms with Gasteiger partial charge in [0.2, 0.25) is 0 Å². The maximum absolute atomic E-state index is 3.68. The van der Waals surface area contributed by atoms with Gasteiger partial charge in [-0.3, -0.25) is 0 Å². The first-order valence-electron chi connectivity index (χ1n) is 7.69. The molecule has 0 aromatic rings. The molecule has 1 atom stereocenters. The third kappa shape index (κ3) is 6.42. The van der Waals surface area contributed by atoms with Crippen LogP contribution in [0.2, 0.25) is 0 Å². The maximum atomic E-state index is 3.68. The fourth-order valence-electron chi connectivity index (χ4n) is 2.61. The molecule has 0 bridgehead atoms. The van der Waals surface area contributed by atoms with E-state index in [1.165, 1.54) is 64.7 Å². The van der Waals surface area contributed by atoms with E-state index in [-0.39, 0.29) is 0 Å². The molecule has 0 saturated carbocycles. The van der Waals surface area contributed by atoms with Crippen molar-refractivity contribution in [2.24, 2.45) is 5.92 Å². The molecule has 1 fully saturated rings. The lowest BCUT2D eigenvalue weighted by atomic mass is 10.0. The van der Waals surface area contributed by atoms with Crippen LogP contribution in [0.4, 0.5) is 0 Å². The molecule has 2 nitrogen and oxygen atoms in total. The molecule has 1 N–H and O–H groups in total. The standard InChI is InChI=1S/C15H32N2/c1-4-5-6-7-8-11-17-12-9-10-16-15(13-17)14(2)3/h14-16H,4-13H2,1-3H3. The highest BCUT2D eigenvalue weighted by Crippen LogP contribution is 2.10. The molecule has 0 amide bonds. The Morgan fingerprint density at radius 1 is 1.18 bits per heavy atom. The van der Waals surface area contributed by atoms with Gasteiger partial charge in [-0.1, -0.05) is 46.5 Å². The van der Waals surface area contributed by atoms with Gasteiger partial charge in [-0.05, 0) is 38.4 Å². The number of nitrogens with one attached hydrogen (secondary N) is 1. The highest BCUT2D eigenvalue weighted by molar-refractivity contribution is 4.78. The summed E-state index contributed by atoms with van der Waals surface area (Å²) in [7, 11) is 0. The first-order valence-corrected chi connectivity index (χ1v) is 7.69. The van der Waals surface area contributed by atoms with E-state index in [9.17, 15) is 0 Å². The Morgan fingerprint density at radius 3 is 2.65 bits per heavy atom. The van der Waals surface area contributed by atoms with Crippen molar-refractivity contribution in [3.63, 3.8) is 0 Å². The van der Waals surface area contributed by atoms with Crippen LogP contribution < -0.4 is 5.32 Å². The summed E-state index contributed by atoms with van der Waals surface area (Å²) >= 11 is 0. The molecule has 17 heavy (non-hydrogen) atoms. The third-order valence-corrected chi connectivity index (χ3v) is 3.90. The Kier molecular flexibility index (Phi) is 7.87. The third-order valence-electron chi connectivity index (χ3n) is 3.90. The molecule has 0 aliphatic carbocycles. The molecule has 1 rings (SSSR count). The Balaban J connectivity index is 2.17. The smallest absolute Gasteiger partial charge is 0.0217 e. The Morgan fingerprint density at radius 2 is 1.94 bits per heavy atom. The van der Waals surface area contributed by atoms with Gasteiger partial charge in [-0.2, -0.15) is 0 Å². The van der Waals surface area contributed by atoms with Crippen LogP contribution in [-0.2, 0) is 0 Å². The summed E-state index contributed by atoms with van der Waals surface area (Å²) < 4.78 is 0. The summed E-state index contributed by atoms with van der Waals surface area (Å²) in [4.78, 5) is 2.68. The molecule has 102 valence electrons. The van der Waals surface area contributed by atoms with Crippen LogP contribution in [0.15, 0.2) is 0 Å². The van der Waals surface area contributed by atoms with Gasteiger partial charge >= 0.3 is 0 Å². The number of nitrogens with zero attached hydrogens (tertiary/aromatic N) is 1. The van der Waals surface area contributed by atoms with Gasteiger partial charge < -0.3 is 10.2 Å². The summed E-state index contributed by atoms with van der Waals surface area (Å²) in [6.45, 7) is 12.0. The minimum absolute atomic E-state index is 0.702. The average molecular weight is 240 g/mol. The van der Waals surface area contributed by atoms with Crippen LogP contribution in [0.1, 0.15) is 59.3 Å². The quantitative estimate of drug-likeness (QED) is 0.687. The summed E-state index contributed by atoms with van der Waals surface area (Å²) in [6.07, 6.45) is 8.32. The van der Waals surface area contributed by atoms with E-state index in [1.807, 2.05) is 0 Å². The minimum atomic E-state index is 0.702. The molecular weight excluding hydrogens is 208 g/mol. The first-order chi connectivity index (χ1) is 8.24. The van der Waals surface area contributed by atoms with Crippen LogP contribution >= 0.6 is 0 Å². The normalized spacial score (nSPS) is 22.9. The minimum Gasteiger partial charge on any atom is -0.312 e. The lowest BCUT2D eigenvalue weighted by molar-refractivity contribution is 0.241. The summed E-state index contributed by atoms with van der Waals surface area (Å²) in [5.41, 5.74) is 0. The zero-order valence-electron chi connectivity index (χ0n) is 12.2. The highest BCUT2D eigenvalue weighted by atomic mass is 15.2. The van der Waals surface area contributed by atoms with Crippen LogP contribution in [0.3, 0.4) is 0 Å². The number of hydrogen-bond donors (Lipinski definition) is 1. The van der Waals surface area contributed by atoms with Gasteiger partial charge in [0.1, 0.15) is 0 Å². The van der Waals surface area contributed by atoms with Crippen molar-refractivity contribution < 1.29 is 0 Å². The lowest BCUT2D eigenvalue weighted by Gasteiger charge is -2.26. The first kappa shape index (κ1) is 15.0. The molecule has 1 unspecified atom stereocenters. The van der Waals surface area contributed by atoms with Crippen molar-refractivity contribution in [2.75, 3.05) is 26.2 Å². The van der Waals surface area contributed by atoms with Crippen LogP contribution in [0.5, 0.6) is 0 Å². The molecule has 1 saturated heterocycles. The van der Waals surface area contributed by atoms with Gasteiger partial charge in [0.05, 0.1) is 0 Å². The molecule has 0 spiro atoms. The molecule has 1 heterocycles. The van der Waals surface area contributed by atoms with Gasteiger partial charge in [-0.15, -0.1) is 0 Å². The van der Waals surface area contributed by atoms with Crippen molar-refractivity contribution in [3.8, 4) is 0 Å². The Labute approximate surface area is 108 Å². The molecule has 0 radical (unpaired) electrons. The van der Waals surface area contributed by atoms with Crippen molar-refractivity contribution in [1.82, 2.24) is 10.2 Å². The number of unbranched alkanes of at least 4 members (excludes halogenated alkanes) is 4. The van der Waals surface area contributed by atoms with Gasteiger partial charge in [0.25, 0.3) is 0 Å². The second-order valence-corrected chi connectivity index (χ2v) is 5.87. The van der Waals surface area contributed by atoms with Crippen LogP contribution in [-0.4, -0.2) is 37.1 Å². The molecule has 2 heteroatoms. The van der Waals surface area contributed by atoms with E-state index in [4.69, 9.17) is 0 Å². The van der Waals surface area contributed by atoms with Gasteiger partial charge in [-0.25, -0.2) is 0 Å². The van der Waals surface area contributed by atoms with Crippen LogP contribution in [0.25, 0.3) is 0 Å². The molecule has 1 aliphatic rings. The van der Waals surface area contributed by atoms with E-state index >= 15 is 0 Å². The summed E-state index contributed by atoms with van der Waals surface area (Å²) in [5.74, 6) is 0.760. The van der Waals surface area contributed by atoms with E-state index in [0.717, 1.165) is 5.92 Å². The number of hydrogen-bond acceptors (Lipinski definition) is 2. The van der Waals surface area contributed by atoms with Crippen molar-refractivity contribution >= 4 is 0 Å². The van der Waals surface area contributed by atoms with Gasteiger partial charge in [0.15, 0.2) is 0 Å². The van der Waals surface area contributed by atoms with Crippen LogP contribution in [0, 0.1) is 5.92 Å². The number of rotatable bonds is 7. The monoisotopic (exact) mass is 240 g/mol. The van der Waals surface area contributed by atoms with E-state index in [0.29, 0.717) is 6.04 Å². The molecular formula is C15H32N2. The second-order valence-electron chi connectivity index (χ2n) is 5.87. The summed E-state index contributed by atoms with van der Waals surface area (Å²) in [5, 5.41) is 3.68. The Hall–Kier alpha value is -0.0800. The average Bonchev–Trinajstić information content (AvgIpc) is 2.54. The predicted octanol–water partition coefficient (Wildman–Crippen LogP) is 3.28. The van der Waals surface area contributed by atoms with Crippen molar-refractivity contribution in [2.45, 2.75) is 65.3 Å². The largest absolute Gasteiger partial charge is 0.312 e. The van der Waals surface area contributed by atoms with Crippen molar-refractivity contribution in [1.29, 1.82) is 0 Å². The zero-order valence-corrected chi connectivity index (χ0v) is 12.2. The Bertz CT molecular complexity index is 180. The summed E-state index contributed by atoms with van der Waals surface area (Å²) in [6, 6.07) is 0.702. The fraction of sp³-hybridized carbons (Fsp3) is 1.00. The van der Waals surface area contributed by atoms with Gasteiger partial charge in [0, 0.05) is 12.6 Å². The SMILES string of the molecule is CCCCCCCN1CCCNC(C(C)C)C1. The maximum Gasteiger partial charge on any atom is 0.0217 e. The second kappa shape index (κ2) is 8.93. The van der Waals surface area contributed by atoms with E-state index < -0.39 is 0 Å². The van der Waals surface area contributed by atoms with Crippen molar-refractivity contribution in [3.05, 3.63) is 0 Å². The lowest BCUT2D eigenvalue weighted by Crippen LogP contribution is -2.41. The van der Waals surface area contributed by atoms with E-state index in [1.54, 1.807) is 0 Å². The molecule has 0 aromatic carbocycles. The fourth-order valence-corrected chi connectivity index (χ4v) is 2.61. The molecule has 1 aliphatic heterocycles. The zero-order chi connectivity index (χ0) is 12.5. The predicted molar refractivity (Wildman–Crippen MR) is 76.4 cm³/mol.